The van der Waals surface area contributed by atoms with Crippen LogP contribution in [0.5, 0.6) is 0 Å². The van der Waals surface area contributed by atoms with Crippen LogP contribution in [0.15, 0.2) is 0 Å². The molecule has 2 heterocycles. The van der Waals surface area contributed by atoms with Gasteiger partial charge in [-0.15, -0.1) is 0 Å². The van der Waals surface area contributed by atoms with E-state index in [1.807, 2.05) is 14.0 Å². The summed E-state index contributed by atoms with van der Waals surface area (Å²) < 4.78 is 5.76. The van der Waals surface area contributed by atoms with E-state index >= 15 is 0 Å². The number of hydrogen-bond acceptors (Lipinski definition) is 5. The van der Waals surface area contributed by atoms with Crippen LogP contribution in [-0.2, 0) is 4.74 Å². The Labute approximate surface area is 109 Å². The standard InChI is InChI=1S/C13H22N4O/c1-8-6-17(7-9(2)18-8)13-10(3)12(14-5)15-11(4)16-13/h8-9H,6-7H2,1-5H3,(H,14,15,16)/t8-,9+. The highest BCUT2D eigenvalue weighted by Gasteiger charge is 2.25. The van der Waals surface area contributed by atoms with E-state index in [-0.39, 0.29) is 12.2 Å². The van der Waals surface area contributed by atoms with Crippen molar-refractivity contribution >= 4 is 11.6 Å². The number of rotatable bonds is 2. The molecule has 1 aliphatic rings. The second-order valence-corrected chi connectivity index (χ2v) is 4.98. The molecule has 0 unspecified atom stereocenters. The molecule has 1 aliphatic heterocycles. The molecule has 1 N–H and O–H groups in total. The molecule has 0 saturated carbocycles. The van der Waals surface area contributed by atoms with Gasteiger partial charge >= 0.3 is 0 Å². The number of nitrogens with zero attached hydrogens (tertiary/aromatic N) is 3. The zero-order valence-electron chi connectivity index (χ0n) is 11.8. The molecular weight excluding hydrogens is 228 g/mol. The van der Waals surface area contributed by atoms with Crippen LogP contribution in [-0.4, -0.2) is 42.3 Å². The Hall–Kier alpha value is -1.36. The molecule has 0 aliphatic carbocycles. The highest BCUT2D eigenvalue weighted by atomic mass is 16.5. The van der Waals surface area contributed by atoms with Crippen molar-refractivity contribution in [1.82, 2.24) is 9.97 Å². The Balaban J connectivity index is 2.35. The summed E-state index contributed by atoms with van der Waals surface area (Å²) in [6.07, 6.45) is 0.475. The highest BCUT2D eigenvalue weighted by molar-refractivity contribution is 5.58. The van der Waals surface area contributed by atoms with Gasteiger partial charge in [-0.25, -0.2) is 9.97 Å². The summed E-state index contributed by atoms with van der Waals surface area (Å²) in [6, 6.07) is 0. The van der Waals surface area contributed by atoms with Gasteiger partial charge in [-0.2, -0.15) is 0 Å². The van der Waals surface area contributed by atoms with E-state index in [4.69, 9.17) is 4.74 Å². The first kappa shape index (κ1) is 13.1. The van der Waals surface area contributed by atoms with Crippen LogP contribution in [0.2, 0.25) is 0 Å². The van der Waals surface area contributed by atoms with Crippen LogP contribution in [0.1, 0.15) is 25.2 Å². The van der Waals surface area contributed by atoms with Crippen molar-refractivity contribution in [2.24, 2.45) is 0 Å². The third-order valence-electron chi connectivity index (χ3n) is 3.19. The molecule has 0 bridgehead atoms. The van der Waals surface area contributed by atoms with Crippen LogP contribution < -0.4 is 10.2 Å². The molecule has 0 spiro atoms. The maximum atomic E-state index is 5.76. The van der Waals surface area contributed by atoms with Gasteiger partial charge in [0.1, 0.15) is 17.5 Å². The minimum atomic E-state index is 0.237. The quantitative estimate of drug-likeness (QED) is 0.866. The molecule has 0 amide bonds. The van der Waals surface area contributed by atoms with E-state index in [0.717, 1.165) is 36.1 Å². The number of ether oxygens (including phenoxy) is 1. The maximum absolute atomic E-state index is 5.76. The average Bonchev–Trinajstić information content (AvgIpc) is 2.30. The van der Waals surface area contributed by atoms with Crippen molar-refractivity contribution in [2.75, 3.05) is 30.4 Å². The van der Waals surface area contributed by atoms with E-state index in [0.29, 0.717) is 0 Å². The fourth-order valence-electron chi connectivity index (χ4n) is 2.52. The van der Waals surface area contributed by atoms with Crippen LogP contribution in [0.3, 0.4) is 0 Å². The highest BCUT2D eigenvalue weighted by Crippen LogP contribution is 2.26. The van der Waals surface area contributed by atoms with E-state index in [1.54, 1.807) is 0 Å². The van der Waals surface area contributed by atoms with Crippen molar-refractivity contribution in [1.29, 1.82) is 0 Å². The van der Waals surface area contributed by atoms with Crippen LogP contribution in [0.4, 0.5) is 11.6 Å². The fourth-order valence-corrected chi connectivity index (χ4v) is 2.52. The number of nitrogens with one attached hydrogen (secondary N) is 1. The van der Waals surface area contributed by atoms with Crippen LogP contribution in [0.25, 0.3) is 0 Å². The van der Waals surface area contributed by atoms with Gasteiger partial charge < -0.3 is 15.0 Å². The average molecular weight is 250 g/mol. The molecule has 1 saturated heterocycles. The summed E-state index contributed by atoms with van der Waals surface area (Å²) >= 11 is 0. The van der Waals surface area contributed by atoms with Crippen molar-refractivity contribution in [3.63, 3.8) is 0 Å². The molecule has 5 heteroatoms. The van der Waals surface area contributed by atoms with Crippen LogP contribution >= 0.6 is 0 Å². The Kier molecular flexibility index (Phi) is 3.71. The first-order valence-corrected chi connectivity index (χ1v) is 6.44. The monoisotopic (exact) mass is 250 g/mol. The van der Waals surface area contributed by atoms with Gasteiger partial charge in [-0.3, -0.25) is 0 Å². The summed E-state index contributed by atoms with van der Waals surface area (Å²) in [5.74, 6) is 2.73. The first-order valence-electron chi connectivity index (χ1n) is 6.44. The first-order chi connectivity index (χ1) is 8.51. The Bertz CT molecular complexity index is 425. The van der Waals surface area contributed by atoms with E-state index in [2.05, 4.69) is 41.0 Å². The predicted molar refractivity (Wildman–Crippen MR) is 73.3 cm³/mol. The van der Waals surface area contributed by atoms with Crippen LogP contribution in [0, 0.1) is 13.8 Å². The molecule has 1 aromatic rings. The summed E-state index contributed by atoms with van der Waals surface area (Å²) in [7, 11) is 1.89. The SMILES string of the molecule is CNc1nc(C)nc(N2C[C@@H](C)O[C@@H](C)C2)c1C. The van der Waals surface area contributed by atoms with Crippen molar-refractivity contribution in [3.05, 3.63) is 11.4 Å². The Morgan fingerprint density at radius 3 is 2.33 bits per heavy atom. The molecule has 1 aromatic heterocycles. The second-order valence-electron chi connectivity index (χ2n) is 4.98. The van der Waals surface area contributed by atoms with Gasteiger partial charge in [0.05, 0.1) is 12.2 Å². The smallest absolute Gasteiger partial charge is 0.137 e. The zero-order chi connectivity index (χ0) is 13.3. The van der Waals surface area contributed by atoms with E-state index < -0.39 is 0 Å². The third-order valence-corrected chi connectivity index (χ3v) is 3.19. The topological polar surface area (TPSA) is 50.3 Å². The van der Waals surface area contributed by atoms with Gasteiger partial charge in [0.2, 0.25) is 0 Å². The van der Waals surface area contributed by atoms with Gasteiger partial charge in [0, 0.05) is 25.7 Å². The second kappa shape index (κ2) is 5.10. The number of aryl methyl sites for hydroxylation is 1. The fraction of sp³-hybridized carbons (Fsp3) is 0.692. The number of anilines is 2. The summed E-state index contributed by atoms with van der Waals surface area (Å²) in [5.41, 5.74) is 1.10. The predicted octanol–water partition coefficient (Wildman–Crippen LogP) is 1.75. The molecule has 5 nitrogen and oxygen atoms in total. The zero-order valence-corrected chi connectivity index (χ0v) is 11.8. The molecule has 0 radical (unpaired) electrons. The molecular formula is C13H22N4O. The van der Waals surface area contributed by atoms with Gasteiger partial charge in [-0.1, -0.05) is 0 Å². The molecule has 2 atom stereocenters. The van der Waals surface area contributed by atoms with Crippen molar-refractivity contribution in [3.8, 4) is 0 Å². The molecule has 18 heavy (non-hydrogen) atoms. The molecule has 100 valence electrons. The lowest BCUT2D eigenvalue weighted by atomic mass is 10.2. The normalized spacial score (nSPS) is 24.2. The molecule has 0 aromatic carbocycles. The summed E-state index contributed by atoms with van der Waals surface area (Å²) in [6.45, 7) is 9.95. The van der Waals surface area contributed by atoms with Gasteiger partial charge in [0.15, 0.2) is 0 Å². The summed E-state index contributed by atoms with van der Waals surface area (Å²) in [5, 5.41) is 3.13. The lowest BCUT2D eigenvalue weighted by molar-refractivity contribution is -0.00550. The lowest BCUT2D eigenvalue weighted by Gasteiger charge is -2.37. The van der Waals surface area contributed by atoms with E-state index in [9.17, 15) is 0 Å². The minimum absolute atomic E-state index is 0.237. The van der Waals surface area contributed by atoms with Gasteiger partial charge in [0.25, 0.3) is 0 Å². The Morgan fingerprint density at radius 1 is 1.17 bits per heavy atom. The molecule has 2 rings (SSSR count). The maximum Gasteiger partial charge on any atom is 0.137 e. The summed E-state index contributed by atoms with van der Waals surface area (Å²) in [4.78, 5) is 11.3. The Morgan fingerprint density at radius 2 is 1.78 bits per heavy atom. The lowest BCUT2D eigenvalue weighted by Crippen LogP contribution is -2.46. The van der Waals surface area contributed by atoms with Gasteiger partial charge in [-0.05, 0) is 27.7 Å². The number of hydrogen-bond donors (Lipinski definition) is 1. The van der Waals surface area contributed by atoms with Crippen molar-refractivity contribution < 1.29 is 4.74 Å². The number of morpholine rings is 1. The van der Waals surface area contributed by atoms with Crippen molar-refractivity contribution in [2.45, 2.75) is 39.9 Å². The third kappa shape index (κ3) is 2.56. The molecule has 1 fully saturated rings. The largest absolute Gasteiger partial charge is 0.373 e. The number of aromatic nitrogens is 2. The minimum Gasteiger partial charge on any atom is -0.373 e. The van der Waals surface area contributed by atoms with E-state index in [1.165, 1.54) is 0 Å².